The predicted molar refractivity (Wildman–Crippen MR) is 111 cm³/mol. The van der Waals surface area contributed by atoms with Gasteiger partial charge >= 0.3 is 0 Å². The van der Waals surface area contributed by atoms with Crippen LogP contribution in [0.1, 0.15) is 21.7 Å². The summed E-state index contributed by atoms with van der Waals surface area (Å²) in [5, 5.41) is 5.45. The van der Waals surface area contributed by atoms with Gasteiger partial charge in [0.2, 0.25) is 0 Å². The molecule has 7 heteroatoms. The Bertz CT molecular complexity index is 1100. The van der Waals surface area contributed by atoms with E-state index >= 15 is 0 Å². The number of rotatable bonds is 5. The molecular formula is C23H20N2O5. The molecule has 2 aromatic carbocycles. The first-order valence-electron chi connectivity index (χ1n) is 9.43. The number of amides is 2. The van der Waals surface area contributed by atoms with Gasteiger partial charge in [0.05, 0.1) is 6.26 Å². The predicted octanol–water partition coefficient (Wildman–Crippen LogP) is 3.77. The van der Waals surface area contributed by atoms with Crippen molar-refractivity contribution in [1.29, 1.82) is 0 Å². The molecule has 3 aromatic rings. The second kappa shape index (κ2) is 8.57. The number of ether oxygens (including phenoxy) is 2. The van der Waals surface area contributed by atoms with E-state index < -0.39 is 11.8 Å². The van der Waals surface area contributed by atoms with Gasteiger partial charge in [-0.2, -0.15) is 0 Å². The zero-order valence-corrected chi connectivity index (χ0v) is 16.3. The molecule has 0 bridgehead atoms. The van der Waals surface area contributed by atoms with Gasteiger partial charge in [0.25, 0.3) is 11.8 Å². The number of nitrogens with one attached hydrogen (secondary N) is 2. The van der Waals surface area contributed by atoms with Crippen molar-refractivity contribution < 1.29 is 23.5 Å². The SMILES string of the molecule is Cc1cccc(C(=O)N/C(=C\c2ccco2)C(=O)Nc2ccc3c(c2)OCCO3)c1. The number of carbonyl (C=O) groups excluding carboxylic acids is 2. The van der Waals surface area contributed by atoms with Gasteiger partial charge in [0.15, 0.2) is 11.5 Å². The first kappa shape index (κ1) is 19.3. The molecule has 7 nitrogen and oxygen atoms in total. The number of hydrogen-bond acceptors (Lipinski definition) is 5. The molecular weight excluding hydrogens is 384 g/mol. The van der Waals surface area contributed by atoms with Crippen LogP contribution in [-0.4, -0.2) is 25.0 Å². The van der Waals surface area contributed by atoms with Gasteiger partial charge < -0.3 is 24.5 Å². The van der Waals surface area contributed by atoms with Gasteiger partial charge in [-0.1, -0.05) is 17.7 Å². The molecule has 4 rings (SSSR count). The molecule has 152 valence electrons. The van der Waals surface area contributed by atoms with Crippen LogP contribution in [0.5, 0.6) is 11.5 Å². The Labute approximate surface area is 173 Å². The second-order valence-electron chi connectivity index (χ2n) is 6.71. The Morgan fingerprint density at radius 2 is 1.80 bits per heavy atom. The highest BCUT2D eigenvalue weighted by molar-refractivity contribution is 6.10. The number of furan rings is 1. The highest BCUT2D eigenvalue weighted by atomic mass is 16.6. The first-order valence-corrected chi connectivity index (χ1v) is 9.43. The van der Waals surface area contributed by atoms with Crippen LogP contribution in [0.2, 0.25) is 0 Å². The fourth-order valence-corrected chi connectivity index (χ4v) is 2.97. The monoisotopic (exact) mass is 404 g/mol. The molecule has 0 unspecified atom stereocenters. The summed E-state index contributed by atoms with van der Waals surface area (Å²) in [6.07, 6.45) is 2.96. The van der Waals surface area contributed by atoms with Crippen LogP contribution in [-0.2, 0) is 4.79 Å². The van der Waals surface area contributed by atoms with Crippen LogP contribution in [0, 0.1) is 6.92 Å². The lowest BCUT2D eigenvalue weighted by molar-refractivity contribution is -0.113. The summed E-state index contributed by atoms with van der Waals surface area (Å²) in [5.74, 6) is 0.725. The Hall–Kier alpha value is -4.00. The Balaban J connectivity index is 1.56. The highest BCUT2D eigenvalue weighted by Gasteiger charge is 2.18. The van der Waals surface area contributed by atoms with Gasteiger partial charge in [0, 0.05) is 23.4 Å². The topological polar surface area (TPSA) is 89.8 Å². The van der Waals surface area contributed by atoms with Crippen LogP contribution in [0.3, 0.4) is 0 Å². The molecule has 2 heterocycles. The zero-order chi connectivity index (χ0) is 20.9. The minimum Gasteiger partial charge on any atom is -0.486 e. The normalized spacial score (nSPS) is 12.9. The average Bonchev–Trinajstić information content (AvgIpc) is 3.26. The minimum atomic E-state index is -0.496. The van der Waals surface area contributed by atoms with Crippen LogP contribution in [0.15, 0.2) is 71.0 Å². The molecule has 0 spiro atoms. The van der Waals surface area contributed by atoms with Crippen LogP contribution in [0.4, 0.5) is 5.69 Å². The standard InChI is InChI=1S/C23H20N2O5/c1-15-4-2-5-16(12-15)22(26)25-19(14-18-6-3-9-28-18)23(27)24-17-7-8-20-21(13-17)30-11-10-29-20/h2-9,12-14H,10-11H2,1H3,(H,24,27)(H,25,26)/b19-14-. The van der Waals surface area contributed by atoms with Crippen molar-refractivity contribution >= 4 is 23.6 Å². The molecule has 0 fully saturated rings. The average molecular weight is 404 g/mol. The molecule has 30 heavy (non-hydrogen) atoms. The highest BCUT2D eigenvalue weighted by Crippen LogP contribution is 2.32. The molecule has 1 aliphatic rings. The summed E-state index contributed by atoms with van der Waals surface area (Å²) in [7, 11) is 0. The fourth-order valence-electron chi connectivity index (χ4n) is 2.97. The second-order valence-corrected chi connectivity index (χ2v) is 6.71. The molecule has 1 aliphatic heterocycles. The number of aryl methyl sites for hydroxylation is 1. The summed E-state index contributed by atoms with van der Waals surface area (Å²) in [6, 6.07) is 15.6. The maximum absolute atomic E-state index is 12.9. The van der Waals surface area contributed by atoms with Crippen molar-refractivity contribution in [2.45, 2.75) is 6.92 Å². The van der Waals surface area contributed by atoms with E-state index in [9.17, 15) is 9.59 Å². The molecule has 0 radical (unpaired) electrons. The van der Waals surface area contributed by atoms with Crippen LogP contribution in [0.25, 0.3) is 6.08 Å². The van der Waals surface area contributed by atoms with E-state index in [0.29, 0.717) is 41.7 Å². The van der Waals surface area contributed by atoms with Crippen molar-refractivity contribution in [3.8, 4) is 11.5 Å². The van der Waals surface area contributed by atoms with Crippen molar-refractivity contribution in [3.63, 3.8) is 0 Å². The van der Waals surface area contributed by atoms with E-state index in [1.165, 1.54) is 12.3 Å². The molecule has 2 N–H and O–H groups in total. The van der Waals surface area contributed by atoms with Crippen molar-refractivity contribution in [2.75, 3.05) is 18.5 Å². The number of anilines is 1. The van der Waals surface area contributed by atoms with E-state index in [2.05, 4.69) is 10.6 Å². The Kier molecular flexibility index (Phi) is 5.52. The van der Waals surface area contributed by atoms with E-state index in [1.807, 2.05) is 13.0 Å². The van der Waals surface area contributed by atoms with Gasteiger partial charge in [0.1, 0.15) is 24.7 Å². The quantitative estimate of drug-likeness (QED) is 0.632. The van der Waals surface area contributed by atoms with Crippen molar-refractivity contribution in [2.24, 2.45) is 0 Å². The van der Waals surface area contributed by atoms with Gasteiger partial charge in [-0.25, -0.2) is 0 Å². The molecule has 0 aliphatic carbocycles. The molecule has 2 amide bonds. The number of hydrogen-bond donors (Lipinski definition) is 2. The zero-order valence-electron chi connectivity index (χ0n) is 16.3. The number of carbonyl (C=O) groups is 2. The van der Waals surface area contributed by atoms with Crippen LogP contribution < -0.4 is 20.1 Å². The molecule has 0 saturated heterocycles. The maximum Gasteiger partial charge on any atom is 0.272 e. The number of benzene rings is 2. The molecule has 1 aromatic heterocycles. The minimum absolute atomic E-state index is 0.0475. The van der Waals surface area contributed by atoms with Gasteiger partial charge in [-0.3, -0.25) is 9.59 Å². The van der Waals surface area contributed by atoms with Crippen molar-refractivity contribution in [3.05, 3.63) is 83.4 Å². The third kappa shape index (κ3) is 4.52. The summed E-state index contributed by atoms with van der Waals surface area (Å²) >= 11 is 0. The summed E-state index contributed by atoms with van der Waals surface area (Å²) < 4.78 is 16.3. The fraction of sp³-hybridized carbons (Fsp3) is 0.130. The van der Waals surface area contributed by atoms with E-state index in [-0.39, 0.29) is 5.70 Å². The third-order valence-corrected chi connectivity index (χ3v) is 4.40. The maximum atomic E-state index is 12.9. The number of fused-ring (bicyclic) bond motifs is 1. The largest absolute Gasteiger partial charge is 0.486 e. The van der Waals surface area contributed by atoms with Gasteiger partial charge in [-0.05, 0) is 43.3 Å². The van der Waals surface area contributed by atoms with E-state index in [0.717, 1.165) is 5.56 Å². The Morgan fingerprint density at radius 3 is 2.57 bits per heavy atom. The van der Waals surface area contributed by atoms with Crippen molar-refractivity contribution in [1.82, 2.24) is 5.32 Å². The van der Waals surface area contributed by atoms with E-state index in [1.54, 1.807) is 48.5 Å². The lowest BCUT2D eigenvalue weighted by atomic mass is 10.1. The molecule has 0 atom stereocenters. The Morgan fingerprint density at radius 1 is 0.967 bits per heavy atom. The van der Waals surface area contributed by atoms with Crippen LogP contribution >= 0.6 is 0 Å². The summed E-state index contributed by atoms with van der Waals surface area (Å²) in [5.41, 5.74) is 1.96. The van der Waals surface area contributed by atoms with Gasteiger partial charge in [-0.15, -0.1) is 0 Å². The molecule has 0 saturated carbocycles. The summed E-state index contributed by atoms with van der Waals surface area (Å²) in [4.78, 5) is 25.6. The third-order valence-electron chi connectivity index (χ3n) is 4.40. The first-order chi connectivity index (χ1) is 14.6. The smallest absolute Gasteiger partial charge is 0.272 e. The van der Waals surface area contributed by atoms with E-state index in [4.69, 9.17) is 13.9 Å². The lowest BCUT2D eigenvalue weighted by Gasteiger charge is -2.19. The summed E-state index contributed by atoms with van der Waals surface area (Å²) in [6.45, 7) is 2.82. The lowest BCUT2D eigenvalue weighted by Crippen LogP contribution is -2.30.